The van der Waals surface area contributed by atoms with Gasteiger partial charge in [-0.3, -0.25) is 4.79 Å². The molecule has 1 amide bonds. The van der Waals surface area contributed by atoms with Crippen molar-refractivity contribution >= 4 is 11.6 Å². The van der Waals surface area contributed by atoms with Gasteiger partial charge in [0.25, 0.3) is 5.91 Å². The molecule has 2 N–H and O–H groups in total. The molecule has 1 aromatic carbocycles. The van der Waals surface area contributed by atoms with Crippen LogP contribution in [0.15, 0.2) is 18.2 Å². The highest BCUT2D eigenvalue weighted by atomic mass is 16.3. The minimum atomic E-state index is -0.00100. The third-order valence-electron chi connectivity index (χ3n) is 3.41. The summed E-state index contributed by atoms with van der Waals surface area (Å²) in [5, 5.41) is 12.5. The van der Waals surface area contributed by atoms with Gasteiger partial charge >= 0.3 is 0 Å². The molecule has 1 aromatic rings. The van der Waals surface area contributed by atoms with Crippen LogP contribution < -0.4 is 5.32 Å². The average Bonchev–Trinajstić information content (AvgIpc) is 2.49. The van der Waals surface area contributed by atoms with E-state index in [4.69, 9.17) is 0 Å². The van der Waals surface area contributed by atoms with E-state index in [9.17, 15) is 9.90 Å². The van der Waals surface area contributed by atoms with Crippen LogP contribution in [-0.2, 0) is 0 Å². The van der Waals surface area contributed by atoms with Gasteiger partial charge in [0.15, 0.2) is 0 Å². The third-order valence-corrected chi connectivity index (χ3v) is 3.41. The topological polar surface area (TPSA) is 52.6 Å². The second kappa shape index (κ2) is 9.40. The van der Waals surface area contributed by atoms with E-state index in [0.29, 0.717) is 18.7 Å². The normalized spacial score (nSPS) is 10.5. The molecule has 0 radical (unpaired) electrons. The molecule has 1 rings (SSSR count). The molecule has 0 unspecified atom stereocenters. The van der Waals surface area contributed by atoms with Crippen molar-refractivity contribution in [3.63, 3.8) is 0 Å². The van der Waals surface area contributed by atoms with E-state index in [1.165, 1.54) is 0 Å². The van der Waals surface area contributed by atoms with Crippen LogP contribution >= 0.6 is 0 Å². The zero-order chi connectivity index (χ0) is 15.7. The maximum Gasteiger partial charge on any atom is 0.256 e. The number of carbonyl (C=O) groups excluding carboxylic acids is 1. The molecule has 0 aromatic heterocycles. The first-order valence-corrected chi connectivity index (χ1v) is 7.88. The van der Waals surface area contributed by atoms with Crippen molar-refractivity contribution < 1.29 is 9.90 Å². The number of hydrogen-bond donors (Lipinski definition) is 2. The number of unbranched alkanes of at least 4 members (excludes halogenated alkanes) is 1. The maximum absolute atomic E-state index is 12.8. The van der Waals surface area contributed by atoms with E-state index in [1.54, 1.807) is 4.90 Å². The van der Waals surface area contributed by atoms with Gasteiger partial charge in [-0.2, -0.15) is 0 Å². The molecule has 0 heterocycles. The van der Waals surface area contributed by atoms with E-state index in [0.717, 1.165) is 37.1 Å². The number of carbonyl (C=O) groups is 1. The van der Waals surface area contributed by atoms with Gasteiger partial charge < -0.3 is 15.3 Å². The Balaban J connectivity index is 2.98. The SMILES string of the molecule is CCCCN(CCO)C(=O)c1cc(C)ccc1NCCC. The molecule has 21 heavy (non-hydrogen) atoms. The Labute approximate surface area is 128 Å². The molecular formula is C17H28N2O2. The highest BCUT2D eigenvalue weighted by molar-refractivity contribution is 5.99. The Hall–Kier alpha value is -1.55. The highest BCUT2D eigenvalue weighted by Crippen LogP contribution is 2.20. The third kappa shape index (κ3) is 5.38. The van der Waals surface area contributed by atoms with Crippen LogP contribution in [0.4, 0.5) is 5.69 Å². The Morgan fingerprint density at radius 2 is 2.00 bits per heavy atom. The lowest BCUT2D eigenvalue weighted by molar-refractivity contribution is 0.0720. The number of benzene rings is 1. The number of nitrogens with zero attached hydrogens (tertiary/aromatic N) is 1. The molecule has 4 nitrogen and oxygen atoms in total. The fraction of sp³-hybridized carbons (Fsp3) is 0.588. The number of aryl methyl sites for hydroxylation is 1. The fourth-order valence-electron chi connectivity index (χ4n) is 2.20. The Morgan fingerprint density at radius 1 is 1.24 bits per heavy atom. The van der Waals surface area contributed by atoms with Crippen LogP contribution in [0.1, 0.15) is 49.0 Å². The predicted molar refractivity (Wildman–Crippen MR) is 87.9 cm³/mol. The summed E-state index contributed by atoms with van der Waals surface area (Å²) >= 11 is 0. The van der Waals surface area contributed by atoms with Crippen molar-refractivity contribution in [3.8, 4) is 0 Å². The number of rotatable bonds is 9. The van der Waals surface area contributed by atoms with E-state index in [-0.39, 0.29) is 12.5 Å². The van der Waals surface area contributed by atoms with Crippen LogP contribution in [-0.4, -0.2) is 42.2 Å². The summed E-state index contributed by atoms with van der Waals surface area (Å²) in [7, 11) is 0. The minimum absolute atomic E-state index is 0.000182. The Bertz CT molecular complexity index is 446. The van der Waals surface area contributed by atoms with Gasteiger partial charge in [0.1, 0.15) is 0 Å². The largest absolute Gasteiger partial charge is 0.395 e. The van der Waals surface area contributed by atoms with Crippen molar-refractivity contribution in [1.29, 1.82) is 0 Å². The van der Waals surface area contributed by atoms with E-state index in [1.807, 2.05) is 25.1 Å². The molecule has 0 atom stereocenters. The summed E-state index contributed by atoms with van der Waals surface area (Å²) in [5.74, 6) is -0.000182. The lowest BCUT2D eigenvalue weighted by Gasteiger charge is -2.23. The summed E-state index contributed by atoms with van der Waals surface area (Å²) < 4.78 is 0. The molecular weight excluding hydrogens is 264 g/mol. The molecule has 0 spiro atoms. The molecule has 0 aliphatic heterocycles. The van der Waals surface area contributed by atoms with Gasteiger partial charge in [0.2, 0.25) is 0 Å². The average molecular weight is 292 g/mol. The Morgan fingerprint density at radius 3 is 2.62 bits per heavy atom. The lowest BCUT2D eigenvalue weighted by atomic mass is 10.1. The van der Waals surface area contributed by atoms with Gasteiger partial charge in [0.05, 0.1) is 12.2 Å². The second-order valence-corrected chi connectivity index (χ2v) is 5.35. The van der Waals surface area contributed by atoms with E-state index in [2.05, 4.69) is 19.2 Å². The van der Waals surface area contributed by atoms with E-state index < -0.39 is 0 Å². The van der Waals surface area contributed by atoms with Gasteiger partial charge in [-0.05, 0) is 31.9 Å². The van der Waals surface area contributed by atoms with Crippen LogP contribution in [0.25, 0.3) is 0 Å². The summed E-state index contributed by atoms with van der Waals surface area (Å²) in [6.07, 6.45) is 3.00. The quantitative estimate of drug-likeness (QED) is 0.735. The first-order valence-electron chi connectivity index (χ1n) is 7.88. The van der Waals surface area contributed by atoms with Crippen LogP contribution in [0, 0.1) is 6.92 Å². The molecule has 0 aliphatic rings. The molecule has 118 valence electrons. The van der Waals surface area contributed by atoms with Gasteiger partial charge in [-0.15, -0.1) is 0 Å². The van der Waals surface area contributed by atoms with E-state index >= 15 is 0 Å². The molecule has 0 saturated heterocycles. The summed E-state index contributed by atoms with van der Waals surface area (Å²) in [6.45, 7) is 8.11. The van der Waals surface area contributed by atoms with Crippen LogP contribution in [0.5, 0.6) is 0 Å². The molecule has 4 heteroatoms. The zero-order valence-corrected chi connectivity index (χ0v) is 13.5. The maximum atomic E-state index is 12.8. The number of amides is 1. The fourth-order valence-corrected chi connectivity index (χ4v) is 2.20. The standard InChI is InChI=1S/C17H28N2O2/c1-4-6-10-19(11-12-20)17(21)15-13-14(3)7-8-16(15)18-9-5-2/h7-8,13,18,20H,4-6,9-12H2,1-3H3. The van der Waals surface area contributed by atoms with Crippen molar-refractivity contribution in [3.05, 3.63) is 29.3 Å². The van der Waals surface area contributed by atoms with Gasteiger partial charge in [0, 0.05) is 25.3 Å². The highest BCUT2D eigenvalue weighted by Gasteiger charge is 2.18. The summed E-state index contributed by atoms with van der Waals surface area (Å²) in [5.41, 5.74) is 2.65. The zero-order valence-electron chi connectivity index (χ0n) is 13.5. The van der Waals surface area contributed by atoms with Crippen molar-refractivity contribution in [1.82, 2.24) is 4.90 Å². The summed E-state index contributed by atoms with van der Waals surface area (Å²) in [4.78, 5) is 14.5. The second-order valence-electron chi connectivity index (χ2n) is 5.35. The van der Waals surface area contributed by atoms with Crippen LogP contribution in [0.3, 0.4) is 0 Å². The lowest BCUT2D eigenvalue weighted by Crippen LogP contribution is -2.35. The first kappa shape index (κ1) is 17.5. The molecule has 0 bridgehead atoms. The predicted octanol–water partition coefficient (Wildman–Crippen LogP) is 3.05. The monoisotopic (exact) mass is 292 g/mol. The first-order chi connectivity index (χ1) is 10.1. The molecule has 0 aliphatic carbocycles. The molecule has 0 saturated carbocycles. The van der Waals surface area contributed by atoms with Crippen molar-refractivity contribution in [2.45, 2.75) is 40.0 Å². The Kier molecular flexibility index (Phi) is 7.83. The number of anilines is 1. The number of aliphatic hydroxyl groups is 1. The van der Waals surface area contributed by atoms with Gasteiger partial charge in [-0.1, -0.05) is 31.9 Å². The van der Waals surface area contributed by atoms with Crippen molar-refractivity contribution in [2.24, 2.45) is 0 Å². The number of nitrogens with one attached hydrogen (secondary N) is 1. The smallest absolute Gasteiger partial charge is 0.256 e. The molecule has 0 fully saturated rings. The van der Waals surface area contributed by atoms with Gasteiger partial charge in [-0.25, -0.2) is 0 Å². The minimum Gasteiger partial charge on any atom is -0.395 e. The number of hydrogen-bond acceptors (Lipinski definition) is 3. The van der Waals surface area contributed by atoms with Crippen molar-refractivity contribution in [2.75, 3.05) is 31.6 Å². The summed E-state index contributed by atoms with van der Waals surface area (Å²) in [6, 6.07) is 5.91. The number of aliphatic hydroxyl groups excluding tert-OH is 1. The van der Waals surface area contributed by atoms with Crippen LogP contribution in [0.2, 0.25) is 0 Å².